The fourth-order valence-electron chi connectivity index (χ4n) is 1.74. The Labute approximate surface area is 104 Å². The lowest BCUT2D eigenvalue weighted by Crippen LogP contribution is -2.04. The fraction of sp³-hybridized carbons (Fsp3) is 0.545. The molecule has 2 aromatic rings. The van der Waals surface area contributed by atoms with Crippen molar-refractivity contribution < 1.29 is 5.11 Å². The molecule has 2 rings (SSSR count). The van der Waals surface area contributed by atoms with Crippen LogP contribution in [0.15, 0.2) is 12.3 Å². The highest BCUT2D eigenvalue weighted by atomic mass is 32.1. The molecule has 2 heterocycles. The number of aromatic nitrogens is 4. The zero-order valence-corrected chi connectivity index (χ0v) is 10.8. The summed E-state index contributed by atoms with van der Waals surface area (Å²) in [4.78, 5) is 0.873. The Balaban J connectivity index is 2.08. The minimum atomic E-state index is -0.550. The van der Waals surface area contributed by atoms with E-state index in [1.807, 2.05) is 19.3 Å². The summed E-state index contributed by atoms with van der Waals surface area (Å²) in [6, 6.07) is 1.91. The molecular weight excluding hydrogens is 236 g/mol. The van der Waals surface area contributed by atoms with Crippen LogP contribution in [-0.4, -0.2) is 24.5 Å². The van der Waals surface area contributed by atoms with Crippen molar-refractivity contribution in [3.63, 3.8) is 0 Å². The Hall–Kier alpha value is -1.27. The largest absolute Gasteiger partial charge is 0.387 e. The number of nitrogens with zero attached hydrogens (tertiary/aromatic N) is 4. The smallest absolute Gasteiger partial charge is 0.0973 e. The second kappa shape index (κ2) is 5.37. The zero-order valence-electron chi connectivity index (χ0n) is 10.00. The molecular formula is C11H16N4OS. The molecule has 6 heteroatoms. The van der Waals surface area contributed by atoms with E-state index in [1.54, 1.807) is 4.68 Å². The molecule has 0 fully saturated rings. The zero-order chi connectivity index (χ0) is 12.3. The molecule has 0 aliphatic rings. The standard InChI is InChI=1S/C11H16N4OS/c1-3-4-9-11(17-14-12-9)10(16)7-8-5-6-15(2)13-8/h5-6,10,16H,3-4,7H2,1-2H3. The average Bonchev–Trinajstić information content (AvgIpc) is 2.88. The van der Waals surface area contributed by atoms with E-state index >= 15 is 0 Å². The lowest BCUT2D eigenvalue weighted by molar-refractivity contribution is 0.179. The Morgan fingerprint density at radius 3 is 3.00 bits per heavy atom. The van der Waals surface area contributed by atoms with Gasteiger partial charge in [-0.25, -0.2) is 0 Å². The number of hydrogen-bond donors (Lipinski definition) is 1. The minimum absolute atomic E-state index is 0.515. The first-order valence-electron chi connectivity index (χ1n) is 5.68. The first-order chi connectivity index (χ1) is 8.20. The number of hydrogen-bond acceptors (Lipinski definition) is 5. The van der Waals surface area contributed by atoms with E-state index in [1.165, 1.54) is 11.5 Å². The lowest BCUT2D eigenvalue weighted by atomic mass is 10.1. The van der Waals surface area contributed by atoms with Crippen molar-refractivity contribution in [3.05, 3.63) is 28.5 Å². The summed E-state index contributed by atoms with van der Waals surface area (Å²) in [7, 11) is 1.87. The van der Waals surface area contributed by atoms with Gasteiger partial charge in [0.2, 0.25) is 0 Å². The highest BCUT2D eigenvalue weighted by molar-refractivity contribution is 7.05. The van der Waals surface area contributed by atoms with Gasteiger partial charge in [-0.15, -0.1) is 5.10 Å². The highest BCUT2D eigenvalue weighted by Gasteiger charge is 2.17. The van der Waals surface area contributed by atoms with Crippen molar-refractivity contribution in [2.24, 2.45) is 7.05 Å². The Morgan fingerprint density at radius 2 is 2.35 bits per heavy atom. The Bertz CT molecular complexity index is 479. The maximum Gasteiger partial charge on any atom is 0.0973 e. The van der Waals surface area contributed by atoms with Crippen LogP contribution in [0.2, 0.25) is 0 Å². The highest BCUT2D eigenvalue weighted by Crippen LogP contribution is 2.24. The molecule has 2 aromatic heterocycles. The second-order valence-electron chi connectivity index (χ2n) is 4.03. The van der Waals surface area contributed by atoms with E-state index in [0.717, 1.165) is 29.1 Å². The van der Waals surface area contributed by atoms with Crippen molar-refractivity contribution in [2.75, 3.05) is 0 Å². The van der Waals surface area contributed by atoms with Gasteiger partial charge in [-0.05, 0) is 24.0 Å². The average molecular weight is 252 g/mol. The van der Waals surface area contributed by atoms with Gasteiger partial charge in [0.05, 0.1) is 22.4 Å². The maximum absolute atomic E-state index is 10.2. The van der Waals surface area contributed by atoms with Crippen LogP contribution in [0.25, 0.3) is 0 Å². The van der Waals surface area contributed by atoms with Gasteiger partial charge >= 0.3 is 0 Å². The molecule has 92 valence electrons. The molecule has 1 atom stereocenters. The Kier molecular flexibility index (Phi) is 3.86. The third-order valence-corrected chi connectivity index (χ3v) is 3.41. The normalized spacial score (nSPS) is 12.9. The summed E-state index contributed by atoms with van der Waals surface area (Å²) in [6.45, 7) is 2.09. The summed E-state index contributed by atoms with van der Waals surface area (Å²) in [5.41, 5.74) is 1.80. The third kappa shape index (κ3) is 2.89. The number of aryl methyl sites for hydroxylation is 2. The van der Waals surface area contributed by atoms with E-state index < -0.39 is 6.10 Å². The summed E-state index contributed by atoms with van der Waals surface area (Å²) < 4.78 is 5.65. The van der Waals surface area contributed by atoms with Gasteiger partial charge in [0, 0.05) is 19.7 Å². The van der Waals surface area contributed by atoms with Crippen molar-refractivity contribution in [3.8, 4) is 0 Å². The van der Waals surface area contributed by atoms with Crippen LogP contribution in [0.1, 0.15) is 35.7 Å². The minimum Gasteiger partial charge on any atom is -0.387 e. The van der Waals surface area contributed by atoms with E-state index in [2.05, 4.69) is 21.6 Å². The van der Waals surface area contributed by atoms with Gasteiger partial charge in [-0.2, -0.15) is 5.10 Å². The number of aliphatic hydroxyl groups excluding tert-OH is 1. The summed E-state index contributed by atoms with van der Waals surface area (Å²) in [5.74, 6) is 0. The van der Waals surface area contributed by atoms with Gasteiger partial charge < -0.3 is 5.11 Å². The molecule has 0 aromatic carbocycles. The second-order valence-corrected chi connectivity index (χ2v) is 4.82. The van der Waals surface area contributed by atoms with Crippen LogP contribution in [0.4, 0.5) is 0 Å². The fourth-order valence-corrected chi connectivity index (χ4v) is 2.42. The predicted octanol–water partition coefficient (Wildman–Crippen LogP) is 1.50. The van der Waals surface area contributed by atoms with Crippen LogP contribution in [-0.2, 0) is 19.9 Å². The van der Waals surface area contributed by atoms with Gasteiger partial charge in [-0.3, -0.25) is 4.68 Å². The van der Waals surface area contributed by atoms with E-state index in [-0.39, 0.29) is 0 Å². The Morgan fingerprint density at radius 1 is 1.53 bits per heavy atom. The molecule has 0 spiro atoms. The molecule has 0 radical (unpaired) electrons. The summed E-state index contributed by atoms with van der Waals surface area (Å²) in [6.07, 6.45) is 3.72. The van der Waals surface area contributed by atoms with Gasteiger partial charge in [0.15, 0.2) is 0 Å². The molecule has 0 saturated carbocycles. The maximum atomic E-state index is 10.2. The molecule has 1 unspecified atom stereocenters. The molecule has 1 N–H and O–H groups in total. The molecule has 0 aliphatic carbocycles. The summed E-state index contributed by atoms with van der Waals surface area (Å²) >= 11 is 1.28. The topological polar surface area (TPSA) is 63.8 Å². The van der Waals surface area contributed by atoms with E-state index in [4.69, 9.17) is 0 Å². The molecule has 0 bridgehead atoms. The monoisotopic (exact) mass is 252 g/mol. The van der Waals surface area contributed by atoms with Crippen LogP contribution in [0.3, 0.4) is 0 Å². The predicted molar refractivity (Wildman–Crippen MR) is 65.8 cm³/mol. The molecule has 0 amide bonds. The van der Waals surface area contributed by atoms with Crippen LogP contribution >= 0.6 is 11.5 Å². The third-order valence-electron chi connectivity index (χ3n) is 2.55. The van der Waals surface area contributed by atoms with Crippen LogP contribution in [0.5, 0.6) is 0 Å². The van der Waals surface area contributed by atoms with Gasteiger partial charge in [0.25, 0.3) is 0 Å². The van der Waals surface area contributed by atoms with E-state index in [0.29, 0.717) is 6.42 Å². The SMILES string of the molecule is CCCc1nnsc1C(O)Cc1ccn(C)n1. The van der Waals surface area contributed by atoms with Crippen LogP contribution < -0.4 is 0 Å². The molecule has 0 saturated heterocycles. The van der Waals surface area contributed by atoms with Gasteiger partial charge in [0.1, 0.15) is 0 Å². The van der Waals surface area contributed by atoms with Crippen molar-refractivity contribution >= 4 is 11.5 Å². The van der Waals surface area contributed by atoms with Crippen molar-refractivity contribution in [1.29, 1.82) is 0 Å². The lowest BCUT2D eigenvalue weighted by Gasteiger charge is -2.07. The summed E-state index contributed by atoms with van der Waals surface area (Å²) in [5, 5.41) is 18.5. The van der Waals surface area contributed by atoms with Crippen molar-refractivity contribution in [2.45, 2.75) is 32.3 Å². The number of rotatable bonds is 5. The number of aliphatic hydroxyl groups is 1. The first-order valence-corrected chi connectivity index (χ1v) is 6.45. The van der Waals surface area contributed by atoms with E-state index in [9.17, 15) is 5.11 Å². The van der Waals surface area contributed by atoms with Gasteiger partial charge in [-0.1, -0.05) is 17.8 Å². The van der Waals surface area contributed by atoms with Crippen LogP contribution in [0, 0.1) is 0 Å². The van der Waals surface area contributed by atoms with Crippen molar-refractivity contribution in [1.82, 2.24) is 19.4 Å². The molecule has 0 aliphatic heterocycles. The quantitative estimate of drug-likeness (QED) is 0.876. The first kappa shape index (κ1) is 12.2. The molecule has 5 nitrogen and oxygen atoms in total. The molecule has 17 heavy (non-hydrogen) atoms.